The van der Waals surface area contributed by atoms with Crippen LogP contribution in [0.4, 0.5) is 0 Å². The number of morpholine rings is 1. The van der Waals surface area contributed by atoms with E-state index >= 15 is 0 Å². The molecule has 1 saturated heterocycles. The minimum absolute atomic E-state index is 0.407. The van der Waals surface area contributed by atoms with Gasteiger partial charge in [-0.2, -0.15) is 10.3 Å². The second-order valence-corrected chi connectivity index (χ2v) is 5.84. The van der Waals surface area contributed by atoms with Crippen LogP contribution in [-0.2, 0) is 4.74 Å². The summed E-state index contributed by atoms with van der Waals surface area (Å²) in [5.74, 6) is 0. The molecule has 1 aromatic carbocycles. The van der Waals surface area contributed by atoms with Crippen molar-refractivity contribution in [3.8, 4) is 11.1 Å². The Morgan fingerprint density at radius 3 is 2.65 bits per heavy atom. The predicted molar refractivity (Wildman–Crippen MR) is 87.9 cm³/mol. The van der Waals surface area contributed by atoms with E-state index in [2.05, 4.69) is 56.5 Å². The first kappa shape index (κ1) is 14.3. The van der Waals surface area contributed by atoms with E-state index in [0.717, 1.165) is 42.9 Å². The highest BCUT2D eigenvalue weighted by atomic mass is 16.5. The smallest absolute Gasteiger partial charge is 0.201 e. The van der Waals surface area contributed by atoms with Crippen molar-refractivity contribution in [2.24, 2.45) is 0 Å². The topological polar surface area (TPSA) is 66.9 Å². The fraction of sp³-hybridized carbons (Fsp3) is 0.353. The fourth-order valence-electron chi connectivity index (χ4n) is 3.03. The van der Waals surface area contributed by atoms with Crippen LogP contribution in [-0.4, -0.2) is 51.6 Å². The summed E-state index contributed by atoms with van der Waals surface area (Å²) in [7, 11) is 0. The molecule has 23 heavy (non-hydrogen) atoms. The van der Waals surface area contributed by atoms with Gasteiger partial charge in [0.2, 0.25) is 5.65 Å². The molecule has 6 nitrogen and oxygen atoms in total. The number of nitrogens with one attached hydrogen (secondary N) is 1. The van der Waals surface area contributed by atoms with Crippen molar-refractivity contribution in [1.82, 2.24) is 25.3 Å². The third-order valence-corrected chi connectivity index (χ3v) is 4.49. The average molecular weight is 309 g/mol. The molecule has 0 unspecified atom stereocenters. The predicted octanol–water partition coefficient (Wildman–Crippen LogP) is 2.41. The maximum absolute atomic E-state index is 5.43. The molecule has 4 rings (SSSR count). The number of nitrogens with zero attached hydrogens (tertiary/aromatic N) is 4. The van der Waals surface area contributed by atoms with Gasteiger partial charge in [0, 0.05) is 30.9 Å². The highest BCUT2D eigenvalue weighted by Gasteiger charge is 2.18. The average Bonchev–Trinajstić information content (AvgIpc) is 3.10. The first-order valence-electron chi connectivity index (χ1n) is 7.90. The molecule has 1 aliphatic rings. The molecule has 1 aliphatic heterocycles. The van der Waals surface area contributed by atoms with Crippen molar-refractivity contribution in [3.63, 3.8) is 0 Å². The molecule has 1 N–H and O–H groups in total. The molecule has 0 aliphatic carbocycles. The van der Waals surface area contributed by atoms with E-state index < -0.39 is 0 Å². The Bertz CT molecular complexity index is 792. The van der Waals surface area contributed by atoms with Crippen LogP contribution >= 0.6 is 0 Å². The molecular formula is C17H19N5O. The van der Waals surface area contributed by atoms with Crippen molar-refractivity contribution < 1.29 is 4.74 Å². The van der Waals surface area contributed by atoms with Crippen molar-refractivity contribution in [2.45, 2.75) is 13.0 Å². The van der Waals surface area contributed by atoms with Gasteiger partial charge in [0.05, 0.1) is 13.2 Å². The first-order valence-corrected chi connectivity index (χ1v) is 7.90. The van der Waals surface area contributed by atoms with Crippen molar-refractivity contribution >= 4 is 11.2 Å². The highest BCUT2D eigenvalue weighted by molar-refractivity contribution is 5.76. The summed E-state index contributed by atoms with van der Waals surface area (Å²) in [6.45, 7) is 5.90. The molecule has 0 bridgehead atoms. The molecule has 0 radical (unpaired) electrons. The zero-order valence-corrected chi connectivity index (χ0v) is 13.1. The molecule has 3 aromatic rings. The second-order valence-electron chi connectivity index (χ2n) is 5.84. The summed E-state index contributed by atoms with van der Waals surface area (Å²) in [5, 5.41) is 10.7. The van der Waals surface area contributed by atoms with Gasteiger partial charge in [-0.25, -0.2) is 4.98 Å². The lowest BCUT2D eigenvalue weighted by molar-refractivity contribution is 0.0198. The summed E-state index contributed by atoms with van der Waals surface area (Å²) < 4.78 is 5.43. The van der Waals surface area contributed by atoms with E-state index in [1.165, 1.54) is 5.56 Å². The van der Waals surface area contributed by atoms with Gasteiger partial charge < -0.3 is 4.74 Å². The minimum Gasteiger partial charge on any atom is -0.379 e. The van der Waals surface area contributed by atoms with Crippen LogP contribution < -0.4 is 0 Å². The molecule has 1 atom stereocenters. The van der Waals surface area contributed by atoms with Gasteiger partial charge >= 0.3 is 0 Å². The van der Waals surface area contributed by atoms with Gasteiger partial charge in [-0.1, -0.05) is 24.3 Å². The SMILES string of the molecule is C[C@@H](c1ccc(-c2cnc3n[nH]nc3c2)cc1)N1CCOCC1. The standard InChI is InChI=1S/C17H19N5O/c1-12(22-6-8-23-9-7-22)13-2-4-14(5-3-13)15-10-16-17(18-11-15)20-21-19-16/h2-5,10-12H,6-9H2,1H3,(H,18,19,20,21)/t12-/m0/s1. The Hall–Kier alpha value is -2.31. The van der Waals surface area contributed by atoms with Crippen LogP contribution in [0.5, 0.6) is 0 Å². The molecule has 6 heteroatoms. The number of benzene rings is 1. The third-order valence-electron chi connectivity index (χ3n) is 4.49. The highest BCUT2D eigenvalue weighted by Crippen LogP contribution is 2.26. The molecule has 118 valence electrons. The number of H-pyrrole nitrogens is 1. The molecule has 2 aromatic heterocycles. The zero-order chi connectivity index (χ0) is 15.6. The quantitative estimate of drug-likeness (QED) is 0.805. The number of aromatic amines is 1. The largest absolute Gasteiger partial charge is 0.379 e. The van der Waals surface area contributed by atoms with E-state index in [4.69, 9.17) is 4.74 Å². The summed E-state index contributed by atoms with van der Waals surface area (Å²) in [6, 6.07) is 11.1. The van der Waals surface area contributed by atoms with Gasteiger partial charge in [-0.3, -0.25) is 4.90 Å². The Morgan fingerprint density at radius 2 is 1.87 bits per heavy atom. The molecule has 1 fully saturated rings. The third kappa shape index (κ3) is 2.83. The van der Waals surface area contributed by atoms with E-state index in [1.54, 1.807) is 0 Å². The van der Waals surface area contributed by atoms with Crippen molar-refractivity contribution in [3.05, 3.63) is 42.1 Å². The van der Waals surface area contributed by atoms with E-state index in [0.29, 0.717) is 11.7 Å². The van der Waals surface area contributed by atoms with Gasteiger partial charge in [-0.05, 0) is 24.1 Å². The number of ether oxygens (including phenoxy) is 1. The van der Waals surface area contributed by atoms with Crippen molar-refractivity contribution in [2.75, 3.05) is 26.3 Å². The Labute approximate surface area is 134 Å². The molecule has 3 heterocycles. The van der Waals surface area contributed by atoms with Crippen LogP contribution in [0.2, 0.25) is 0 Å². The van der Waals surface area contributed by atoms with Gasteiger partial charge in [0.15, 0.2) is 0 Å². The molecule has 0 amide bonds. The number of rotatable bonds is 3. The van der Waals surface area contributed by atoms with Gasteiger partial charge in [-0.15, -0.1) is 5.10 Å². The summed E-state index contributed by atoms with van der Waals surface area (Å²) in [4.78, 5) is 6.78. The number of aromatic nitrogens is 4. The number of hydrogen-bond acceptors (Lipinski definition) is 5. The van der Waals surface area contributed by atoms with Crippen LogP contribution in [0.3, 0.4) is 0 Å². The number of pyridine rings is 1. The van der Waals surface area contributed by atoms with E-state index in [1.807, 2.05) is 12.3 Å². The summed E-state index contributed by atoms with van der Waals surface area (Å²) >= 11 is 0. The van der Waals surface area contributed by atoms with Crippen LogP contribution in [0.15, 0.2) is 36.5 Å². The fourth-order valence-corrected chi connectivity index (χ4v) is 3.03. The minimum atomic E-state index is 0.407. The number of hydrogen-bond donors (Lipinski definition) is 1. The summed E-state index contributed by atoms with van der Waals surface area (Å²) in [6.07, 6.45) is 1.84. The van der Waals surface area contributed by atoms with Gasteiger partial charge in [0.1, 0.15) is 5.52 Å². The van der Waals surface area contributed by atoms with Crippen LogP contribution in [0, 0.1) is 0 Å². The number of fused-ring (bicyclic) bond motifs is 1. The Morgan fingerprint density at radius 1 is 1.09 bits per heavy atom. The second kappa shape index (κ2) is 6.06. The van der Waals surface area contributed by atoms with Crippen LogP contribution in [0.1, 0.15) is 18.5 Å². The zero-order valence-electron chi connectivity index (χ0n) is 13.1. The molecule has 0 saturated carbocycles. The van der Waals surface area contributed by atoms with E-state index in [9.17, 15) is 0 Å². The maximum Gasteiger partial charge on any atom is 0.201 e. The first-order chi connectivity index (χ1) is 11.3. The lowest BCUT2D eigenvalue weighted by atomic mass is 10.0. The monoisotopic (exact) mass is 309 g/mol. The summed E-state index contributed by atoms with van der Waals surface area (Å²) in [5.41, 5.74) is 4.95. The Balaban J connectivity index is 1.57. The normalized spacial score (nSPS) is 17.4. The molecular weight excluding hydrogens is 290 g/mol. The molecule has 0 spiro atoms. The van der Waals surface area contributed by atoms with Crippen molar-refractivity contribution in [1.29, 1.82) is 0 Å². The van der Waals surface area contributed by atoms with E-state index in [-0.39, 0.29) is 0 Å². The van der Waals surface area contributed by atoms with Gasteiger partial charge in [0.25, 0.3) is 0 Å². The lowest BCUT2D eigenvalue weighted by Crippen LogP contribution is -2.37. The Kier molecular flexibility index (Phi) is 3.77. The van der Waals surface area contributed by atoms with Crippen LogP contribution in [0.25, 0.3) is 22.3 Å². The lowest BCUT2D eigenvalue weighted by Gasteiger charge is -2.32. The maximum atomic E-state index is 5.43.